The quantitative estimate of drug-likeness (QED) is 0.865. The zero-order valence-electron chi connectivity index (χ0n) is 10.4. The number of nitrogen functional groups attached to an aromatic ring is 1. The number of nitrogens with two attached hydrogens (primary N) is 1. The number of anilines is 1. The maximum Gasteiger partial charge on any atom is 0.255 e. The number of benzene rings is 1. The van der Waals surface area contributed by atoms with E-state index in [1.807, 2.05) is 0 Å². The fraction of sp³-hybridized carbons (Fsp3) is 0.462. The van der Waals surface area contributed by atoms with Crippen LogP contribution in [0.15, 0.2) is 12.1 Å². The summed E-state index contributed by atoms with van der Waals surface area (Å²) in [5.41, 5.74) is 6.52. The molecule has 1 aromatic carbocycles. The molecule has 1 saturated carbocycles. The molecule has 1 fully saturated rings. The molecule has 2 rings (SSSR count). The molecule has 0 radical (unpaired) electrons. The van der Waals surface area contributed by atoms with Crippen LogP contribution in [0.4, 0.5) is 5.69 Å². The highest BCUT2D eigenvalue weighted by atomic mass is 35.5. The Morgan fingerprint density at radius 3 is 2.61 bits per heavy atom. The molecule has 1 aromatic rings. The van der Waals surface area contributed by atoms with Crippen LogP contribution in [-0.4, -0.2) is 23.9 Å². The van der Waals surface area contributed by atoms with E-state index in [1.165, 1.54) is 12.8 Å². The van der Waals surface area contributed by atoms with E-state index in [2.05, 4.69) is 6.92 Å². The molecule has 1 aliphatic rings. The van der Waals surface area contributed by atoms with E-state index in [-0.39, 0.29) is 17.0 Å². The Bertz CT molecular complexity index is 486. The lowest BCUT2D eigenvalue weighted by atomic mass is 10.1. The maximum absolute atomic E-state index is 12.4. The lowest BCUT2D eigenvalue weighted by Crippen LogP contribution is -2.36. The van der Waals surface area contributed by atoms with Crippen molar-refractivity contribution in [2.24, 2.45) is 5.92 Å². The van der Waals surface area contributed by atoms with Gasteiger partial charge in [0.2, 0.25) is 0 Å². The highest BCUT2D eigenvalue weighted by Gasteiger charge is 2.33. The first kappa shape index (κ1) is 13.5. The molecule has 18 heavy (non-hydrogen) atoms. The Hall–Kier alpha value is -0.930. The Balaban J connectivity index is 2.27. The smallest absolute Gasteiger partial charge is 0.255 e. The van der Waals surface area contributed by atoms with Gasteiger partial charge in [-0.3, -0.25) is 4.79 Å². The van der Waals surface area contributed by atoms with E-state index < -0.39 is 0 Å². The van der Waals surface area contributed by atoms with Crippen molar-refractivity contribution in [3.8, 4) is 0 Å². The van der Waals surface area contributed by atoms with Crippen LogP contribution in [-0.2, 0) is 0 Å². The normalized spacial score (nSPS) is 16.4. The SMILES string of the molecule is CC(C1CC1)N(C)C(=O)c1cc(N)cc(Cl)c1Cl. The number of hydrogen-bond donors (Lipinski definition) is 1. The van der Waals surface area contributed by atoms with Crippen molar-refractivity contribution in [3.63, 3.8) is 0 Å². The van der Waals surface area contributed by atoms with Gasteiger partial charge in [-0.05, 0) is 37.8 Å². The molecule has 0 bridgehead atoms. The minimum absolute atomic E-state index is 0.131. The Morgan fingerprint density at radius 1 is 1.44 bits per heavy atom. The monoisotopic (exact) mass is 286 g/mol. The number of carbonyl (C=O) groups excluding carboxylic acids is 1. The lowest BCUT2D eigenvalue weighted by molar-refractivity contribution is 0.0727. The molecule has 1 aliphatic carbocycles. The molecule has 5 heteroatoms. The Kier molecular flexibility index (Phi) is 3.74. The number of amides is 1. The van der Waals surface area contributed by atoms with Gasteiger partial charge in [-0.25, -0.2) is 0 Å². The first-order chi connectivity index (χ1) is 8.41. The van der Waals surface area contributed by atoms with Crippen LogP contribution >= 0.6 is 23.2 Å². The molecule has 2 N–H and O–H groups in total. The zero-order valence-corrected chi connectivity index (χ0v) is 11.9. The van der Waals surface area contributed by atoms with Gasteiger partial charge < -0.3 is 10.6 Å². The third-order valence-corrected chi connectivity index (χ3v) is 4.32. The van der Waals surface area contributed by atoms with E-state index >= 15 is 0 Å². The summed E-state index contributed by atoms with van der Waals surface area (Å²) in [7, 11) is 1.79. The van der Waals surface area contributed by atoms with Gasteiger partial charge in [0.05, 0.1) is 15.6 Å². The van der Waals surface area contributed by atoms with Gasteiger partial charge in [-0.15, -0.1) is 0 Å². The topological polar surface area (TPSA) is 46.3 Å². The van der Waals surface area contributed by atoms with Crippen molar-refractivity contribution in [2.45, 2.75) is 25.8 Å². The maximum atomic E-state index is 12.4. The van der Waals surface area contributed by atoms with Crippen molar-refractivity contribution < 1.29 is 4.79 Å². The summed E-state index contributed by atoms with van der Waals surface area (Å²) in [6.07, 6.45) is 2.37. The van der Waals surface area contributed by atoms with Gasteiger partial charge in [0, 0.05) is 18.8 Å². The molecular formula is C13H16Cl2N2O. The van der Waals surface area contributed by atoms with Crippen LogP contribution in [0, 0.1) is 5.92 Å². The lowest BCUT2D eigenvalue weighted by Gasteiger charge is -2.25. The first-order valence-electron chi connectivity index (χ1n) is 5.93. The van der Waals surface area contributed by atoms with Crippen molar-refractivity contribution in [1.82, 2.24) is 4.90 Å². The third kappa shape index (κ3) is 2.57. The average Bonchev–Trinajstić information content (AvgIpc) is 3.15. The molecule has 0 aromatic heterocycles. The van der Waals surface area contributed by atoms with Crippen molar-refractivity contribution in [3.05, 3.63) is 27.7 Å². The van der Waals surface area contributed by atoms with Crippen molar-refractivity contribution in [2.75, 3.05) is 12.8 Å². The fourth-order valence-corrected chi connectivity index (χ4v) is 2.45. The minimum Gasteiger partial charge on any atom is -0.399 e. The van der Waals surface area contributed by atoms with Crippen molar-refractivity contribution in [1.29, 1.82) is 0 Å². The molecule has 1 amide bonds. The summed E-state index contributed by atoms with van der Waals surface area (Å²) in [6.45, 7) is 2.05. The van der Waals surface area contributed by atoms with E-state index in [4.69, 9.17) is 28.9 Å². The third-order valence-electron chi connectivity index (χ3n) is 3.52. The first-order valence-corrected chi connectivity index (χ1v) is 6.69. The molecule has 1 unspecified atom stereocenters. The summed E-state index contributed by atoms with van der Waals surface area (Å²) in [4.78, 5) is 14.1. The predicted octanol–water partition coefficient (Wildman–Crippen LogP) is 3.45. The molecule has 0 spiro atoms. The van der Waals surface area contributed by atoms with Crippen LogP contribution in [0.1, 0.15) is 30.1 Å². The fourth-order valence-electron chi connectivity index (χ4n) is 2.04. The number of halogens is 2. The average molecular weight is 287 g/mol. The van der Waals surface area contributed by atoms with E-state index in [9.17, 15) is 4.79 Å². The summed E-state index contributed by atoms with van der Waals surface area (Å²) in [5.74, 6) is 0.475. The van der Waals surface area contributed by atoms with E-state index in [0.717, 1.165) is 0 Å². The number of rotatable bonds is 3. The van der Waals surface area contributed by atoms with Gasteiger partial charge in [0.25, 0.3) is 5.91 Å². The van der Waals surface area contributed by atoms with E-state index in [0.29, 0.717) is 22.2 Å². The molecule has 0 heterocycles. The Labute approximate surface area is 117 Å². The van der Waals surface area contributed by atoms with Crippen LogP contribution in [0.2, 0.25) is 10.0 Å². The number of carbonyl (C=O) groups is 1. The van der Waals surface area contributed by atoms with Crippen LogP contribution in [0.3, 0.4) is 0 Å². The second-order valence-corrected chi connectivity index (χ2v) is 5.64. The standard InChI is InChI=1S/C13H16Cl2N2O/c1-7(8-3-4-8)17(2)13(18)10-5-9(16)6-11(14)12(10)15/h5-8H,3-4,16H2,1-2H3. The van der Waals surface area contributed by atoms with Gasteiger partial charge in [-0.1, -0.05) is 23.2 Å². The minimum atomic E-state index is -0.131. The van der Waals surface area contributed by atoms with Gasteiger partial charge >= 0.3 is 0 Å². The summed E-state index contributed by atoms with van der Waals surface area (Å²) >= 11 is 12.0. The second kappa shape index (κ2) is 4.98. The van der Waals surface area contributed by atoms with Crippen LogP contribution < -0.4 is 5.73 Å². The molecule has 98 valence electrons. The summed E-state index contributed by atoms with van der Waals surface area (Å²) in [6, 6.07) is 3.34. The van der Waals surface area contributed by atoms with Gasteiger partial charge in [0.1, 0.15) is 0 Å². The molecule has 1 atom stereocenters. The predicted molar refractivity (Wildman–Crippen MR) is 75.2 cm³/mol. The van der Waals surface area contributed by atoms with Crippen LogP contribution in [0.5, 0.6) is 0 Å². The largest absolute Gasteiger partial charge is 0.399 e. The highest BCUT2D eigenvalue weighted by molar-refractivity contribution is 6.44. The summed E-state index contributed by atoms with van der Waals surface area (Å²) in [5, 5.41) is 0.582. The molecule has 0 saturated heterocycles. The van der Waals surface area contributed by atoms with Crippen LogP contribution in [0.25, 0.3) is 0 Å². The Morgan fingerprint density at radius 2 is 2.06 bits per heavy atom. The molecular weight excluding hydrogens is 271 g/mol. The number of nitrogens with zero attached hydrogens (tertiary/aromatic N) is 1. The molecule has 3 nitrogen and oxygen atoms in total. The van der Waals surface area contributed by atoms with Gasteiger partial charge in [0.15, 0.2) is 0 Å². The summed E-state index contributed by atoms with van der Waals surface area (Å²) < 4.78 is 0. The highest BCUT2D eigenvalue weighted by Crippen LogP contribution is 2.36. The second-order valence-electron chi connectivity index (χ2n) is 4.86. The van der Waals surface area contributed by atoms with E-state index in [1.54, 1.807) is 24.1 Å². The van der Waals surface area contributed by atoms with Crippen molar-refractivity contribution >= 4 is 34.8 Å². The number of hydrogen-bond acceptors (Lipinski definition) is 2. The zero-order chi connectivity index (χ0) is 13.4. The van der Waals surface area contributed by atoms with Gasteiger partial charge in [-0.2, -0.15) is 0 Å². The molecule has 0 aliphatic heterocycles.